The first-order valence-electron chi connectivity index (χ1n) is 4.15. The molecule has 7 heteroatoms. The van der Waals surface area contributed by atoms with Gasteiger partial charge in [-0.1, -0.05) is 11.6 Å². The monoisotopic (exact) mass is 249 g/mol. The third-order valence-electron chi connectivity index (χ3n) is 1.74. The van der Waals surface area contributed by atoms with Gasteiger partial charge in [0.1, 0.15) is 5.15 Å². The molecule has 1 aromatic rings. The lowest BCUT2D eigenvalue weighted by atomic mass is 10.3. The first-order chi connectivity index (χ1) is 6.83. The number of pyridine rings is 1. The molecule has 0 saturated carbocycles. The zero-order valence-electron chi connectivity index (χ0n) is 8.65. The van der Waals surface area contributed by atoms with E-state index in [0.717, 1.165) is 9.87 Å². The molecule has 0 aliphatic carbocycles. The molecule has 84 valence electrons. The molecule has 1 aromatic heterocycles. The second-order valence-corrected chi connectivity index (χ2v) is 5.46. The van der Waals surface area contributed by atoms with Crippen LogP contribution in [-0.2, 0) is 10.2 Å². The van der Waals surface area contributed by atoms with Gasteiger partial charge in [0.2, 0.25) is 0 Å². The number of rotatable bonds is 3. The van der Waals surface area contributed by atoms with Crippen LogP contribution in [0, 0.1) is 6.92 Å². The number of nitrogens with zero attached hydrogens (tertiary/aromatic N) is 2. The molecule has 0 aliphatic heterocycles. The second kappa shape index (κ2) is 4.34. The molecule has 1 N–H and O–H groups in total. The molecule has 1 heterocycles. The molecular weight excluding hydrogens is 238 g/mol. The van der Waals surface area contributed by atoms with Gasteiger partial charge >= 0.3 is 10.2 Å². The standard InChI is InChI=1S/C8H12ClN3O2S/c1-6-4-7(5-10-8(6)9)11-15(13,14)12(2)3/h4-5,11H,1-3H3. The van der Waals surface area contributed by atoms with Crippen molar-refractivity contribution in [3.63, 3.8) is 0 Å². The lowest BCUT2D eigenvalue weighted by Gasteiger charge is -2.13. The van der Waals surface area contributed by atoms with Crippen LogP contribution < -0.4 is 4.72 Å². The van der Waals surface area contributed by atoms with Crippen LogP contribution in [0.25, 0.3) is 0 Å². The third kappa shape index (κ3) is 3.05. The minimum Gasteiger partial charge on any atom is -0.269 e. The molecule has 0 bridgehead atoms. The van der Waals surface area contributed by atoms with Crippen LogP contribution >= 0.6 is 11.6 Å². The fraction of sp³-hybridized carbons (Fsp3) is 0.375. The fourth-order valence-electron chi connectivity index (χ4n) is 0.854. The van der Waals surface area contributed by atoms with E-state index >= 15 is 0 Å². The number of hydrogen-bond donors (Lipinski definition) is 1. The van der Waals surface area contributed by atoms with Gasteiger partial charge in [-0.2, -0.15) is 12.7 Å². The van der Waals surface area contributed by atoms with Gasteiger partial charge in [0.15, 0.2) is 0 Å². The topological polar surface area (TPSA) is 62.3 Å². The number of aromatic nitrogens is 1. The Kier molecular flexibility index (Phi) is 3.54. The minimum absolute atomic E-state index is 0.364. The molecule has 0 atom stereocenters. The highest BCUT2D eigenvalue weighted by Gasteiger charge is 2.13. The van der Waals surface area contributed by atoms with E-state index in [1.807, 2.05) is 0 Å². The van der Waals surface area contributed by atoms with E-state index in [1.165, 1.54) is 20.3 Å². The van der Waals surface area contributed by atoms with Crippen molar-refractivity contribution in [2.75, 3.05) is 18.8 Å². The van der Waals surface area contributed by atoms with Gasteiger partial charge in [0.05, 0.1) is 11.9 Å². The van der Waals surface area contributed by atoms with E-state index in [1.54, 1.807) is 13.0 Å². The summed E-state index contributed by atoms with van der Waals surface area (Å²) < 4.78 is 26.3. The summed E-state index contributed by atoms with van der Waals surface area (Å²) in [5, 5.41) is 0.364. The normalized spacial score (nSPS) is 11.8. The quantitative estimate of drug-likeness (QED) is 0.821. The lowest BCUT2D eigenvalue weighted by Crippen LogP contribution is -2.29. The molecule has 0 amide bonds. The van der Waals surface area contributed by atoms with Gasteiger partial charge in [-0.25, -0.2) is 4.98 Å². The van der Waals surface area contributed by atoms with Crippen LogP contribution in [0.1, 0.15) is 5.56 Å². The largest absolute Gasteiger partial charge is 0.301 e. The molecule has 0 radical (unpaired) electrons. The maximum absolute atomic E-state index is 11.5. The first-order valence-corrected chi connectivity index (χ1v) is 5.97. The van der Waals surface area contributed by atoms with Gasteiger partial charge in [-0.3, -0.25) is 4.72 Å². The van der Waals surface area contributed by atoms with Crippen molar-refractivity contribution >= 4 is 27.5 Å². The Morgan fingerprint density at radius 2 is 2.07 bits per heavy atom. The highest BCUT2D eigenvalue weighted by molar-refractivity contribution is 7.90. The summed E-state index contributed by atoms with van der Waals surface area (Å²) in [4.78, 5) is 3.84. The average Bonchev–Trinajstić information content (AvgIpc) is 2.10. The van der Waals surface area contributed by atoms with Crippen molar-refractivity contribution in [3.05, 3.63) is 23.0 Å². The van der Waals surface area contributed by atoms with Gasteiger partial charge < -0.3 is 0 Å². The minimum atomic E-state index is -3.48. The van der Waals surface area contributed by atoms with Crippen LogP contribution in [0.4, 0.5) is 5.69 Å². The molecule has 5 nitrogen and oxygen atoms in total. The Hall–Kier alpha value is -0.850. The van der Waals surface area contributed by atoms with Gasteiger partial charge in [0.25, 0.3) is 0 Å². The smallest absolute Gasteiger partial charge is 0.269 e. The lowest BCUT2D eigenvalue weighted by molar-refractivity contribution is 0.527. The van der Waals surface area contributed by atoms with E-state index in [9.17, 15) is 8.42 Å². The molecule has 0 aliphatic rings. The van der Waals surface area contributed by atoms with Crippen LogP contribution in [0.15, 0.2) is 12.3 Å². The molecule has 0 aromatic carbocycles. The van der Waals surface area contributed by atoms with Crippen molar-refractivity contribution in [2.45, 2.75) is 6.92 Å². The number of hydrogen-bond acceptors (Lipinski definition) is 3. The SMILES string of the molecule is Cc1cc(NS(=O)(=O)N(C)C)cnc1Cl. The molecule has 15 heavy (non-hydrogen) atoms. The fourth-order valence-corrected chi connectivity index (χ4v) is 1.55. The summed E-state index contributed by atoms with van der Waals surface area (Å²) >= 11 is 5.72. The Balaban J connectivity index is 2.96. The summed E-state index contributed by atoms with van der Waals surface area (Å²) in [7, 11) is -0.595. The summed E-state index contributed by atoms with van der Waals surface area (Å²) in [5.74, 6) is 0. The summed E-state index contributed by atoms with van der Waals surface area (Å²) in [6.07, 6.45) is 1.37. The Labute approximate surface area is 94.3 Å². The maximum Gasteiger partial charge on any atom is 0.301 e. The summed E-state index contributed by atoms with van der Waals surface area (Å²) in [6.45, 7) is 1.75. The molecule has 1 rings (SSSR count). The van der Waals surface area contributed by atoms with Gasteiger partial charge in [0, 0.05) is 14.1 Å². The van der Waals surface area contributed by atoms with E-state index in [-0.39, 0.29) is 0 Å². The van der Waals surface area contributed by atoms with Crippen molar-refractivity contribution in [1.82, 2.24) is 9.29 Å². The molecule has 0 spiro atoms. The molecule has 0 saturated heterocycles. The number of halogens is 1. The van der Waals surface area contributed by atoms with Crippen molar-refractivity contribution < 1.29 is 8.42 Å². The Bertz CT molecular complexity index is 459. The number of aryl methyl sites for hydroxylation is 1. The van der Waals surface area contributed by atoms with Crippen molar-refractivity contribution in [1.29, 1.82) is 0 Å². The van der Waals surface area contributed by atoms with Crippen LogP contribution in [-0.4, -0.2) is 31.8 Å². The van der Waals surface area contributed by atoms with Crippen molar-refractivity contribution in [2.24, 2.45) is 0 Å². The molecule has 0 fully saturated rings. The van der Waals surface area contributed by atoms with Crippen LogP contribution in [0.5, 0.6) is 0 Å². The predicted molar refractivity (Wildman–Crippen MR) is 60.2 cm³/mol. The second-order valence-electron chi connectivity index (χ2n) is 3.22. The van der Waals surface area contributed by atoms with E-state index in [2.05, 4.69) is 9.71 Å². The van der Waals surface area contributed by atoms with E-state index in [4.69, 9.17) is 11.6 Å². The maximum atomic E-state index is 11.5. The number of nitrogens with one attached hydrogen (secondary N) is 1. The van der Waals surface area contributed by atoms with Crippen LogP contribution in [0.2, 0.25) is 5.15 Å². The summed E-state index contributed by atoms with van der Waals surface area (Å²) in [5.41, 5.74) is 1.11. The average molecular weight is 250 g/mol. The molecule has 0 unspecified atom stereocenters. The Morgan fingerprint density at radius 3 is 2.53 bits per heavy atom. The highest BCUT2D eigenvalue weighted by atomic mass is 35.5. The van der Waals surface area contributed by atoms with Crippen molar-refractivity contribution in [3.8, 4) is 0 Å². The number of anilines is 1. The third-order valence-corrected chi connectivity index (χ3v) is 3.59. The van der Waals surface area contributed by atoms with Gasteiger partial charge in [-0.15, -0.1) is 0 Å². The predicted octanol–water partition coefficient (Wildman–Crippen LogP) is 1.26. The zero-order valence-corrected chi connectivity index (χ0v) is 10.2. The zero-order chi connectivity index (χ0) is 11.6. The Morgan fingerprint density at radius 1 is 1.47 bits per heavy atom. The van der Waals surface area contributed by atoms with Crippen LogP contribution in [0.3, 0.4) is 0 Å². The molecular formula is C8H12ClN3O2S. The first kappa shape index (κ1) is 12.2. The highest BCUT2D eigenvalue weighted by Crippen LogP contribution is 2.17. The van der Waals surface area contributed by atoms with Gasteiger partial charge in [-0.05, 0) is 18.6 Å². The summed E-state index contributed by atoms with van der Waals surface area (Å²) in [6, 6.07) is 1.62. The van der Waals surface area contributed by atoms with E-state index < -0.39 is 10.2 Å². The van der Waals surface area contributed by atoms with E-state index in [0.29, 0.717) is 10.8 Å².